The highest BCUT2D eigenvalue weighted by Gasteiger charge is 2.18. The number of carbonyl (C=O) groups is 3. The molecule has 0 radical (unpaired) electrons. The van der Waals surface area contributed by atoms with Crippen molar-refractivity contribution in [3.63, 3.8) is 0 Å². The fraction of sp³-hybridized carbons (Fsp3) is 0.208. The molecular formula is C24H24N2O5. The number of ether oxygens (including phenoxy) is 2. The molecule has 0 aromatic heterocycles. The van der Waals surface area contributed by atoms with Crippen molar-refractivity contribution in [1.82, 2.24) is 5.32 Å². The van der Waals surface area contributed by atoms with Gasteiger partial charge < -0.3 is 20.1 Å². The van der Waals surface area contributed by atoms with Crippen LogP contribution in [0.2, 0.25) is 0 Å². The van der Waals surface area contributed by atoms with Crippen molar-refractivity contribution in [3.8, 4) is 5.75 Å². The highest BCUT2D eigenvalue weighted by atomic mass is 16.5. The molecule has 2 N–H and O–H groups in total. The Balaban J connectivity index is 1.47. The molecule has 0 bridgehead atoms. The van der Waals surface area contributed by atoms with E-state index in [9.17, 15) is 14.4 Å². The van der Waals surface area contributed by atoms with Crippen molar-refractivity contribution in [2.24, 2.45) is 0 Å². The second-order valence-corrected chi connectivity index (χ2v) is 6.82. The number of rotatable bonds is 8. The monoisotopic (exact) mass is 420 g/mol. The summed E-state index contributed by atoms with van der Waals surface area (Å²) in [7, 11) is 0. The average Bonchev–Trinajstić information content (AvgIpc) is 2.78. The molecule has 160 valence electrons. The number of fused-ring (bicyclic) bond motifs is 1. The molecule has 0 saturated carbocycles. The third kappa shape index (κ3) is 6.05. The zero-order valence-electron chi connectivity index (χ0n) is 17.4. The lowest BCUT2D eigenvalue weighted by Gasteiger charge is -2.14. The molecule has 7 heteroatoms. The third-order valence-corrected chi connectivity index (χ3v) is 4.52. The van der Waals surface area contributed by atoms with E-state index in [0.717, 1.165) is 10.8 Å². The summed E-state index contributed by atoms with van der Waals surface area (Å²) in [4.78, 5) is 36.5. The van der Waals surface area contributed by atoms with Gasteiger partial charge in [0.2, 0.25) is 0 Å². The first kappa shape index (κ1) is 21.8. The smallest absolute Gasteiger partial charge is 0.326 e. The van der Waals surface area contributed by atoms with Crippen LogP contribution in [-0.2, 0) is 14.3 Å². The standard InChI is InChI=1S/C24H24N2O5/c1-3-30-21-12-9-18(10-13-21)24(29)25-15-22(27)31-16(2)23(28)26-20-11-8-17-6-4-5-7-19(17)14-20/h4-14,16H,3,15H2,1-2H3,(H,25,29)(H,26,28)/t16-/m1/s1. The molecule has 1 atom stereocenters. The van der Waals surface area contributed by atoms with E-state index in [2.05, 4.69) is 10.6 Å². The second-order valence-electron chi connectivity index (χ2n) is 6.82. The zero-order chi connectivity index (χ0) is 22.2. The molecule has 3 aromatic carbocycles. The number of esters is 1. The Morgan fingerprint density at radius 2 is 1.65 bits per heavy atom. The Morgan fingerprint density at radius 1 is 0.935 bits per heavy atom. The van der Waals surface area contributed by atoms with Gasteiger partial charge in [0.05, 0.1) is 6.61 Å². The van der Waals surface area contributed by atoms with Gasteiger partial charge in [-0.25, -0.2) is 0 Å². The van der Waals surface area contributed by atoms with E-state index in [4.69, 9.17) is 9.47 Å². The summed E-state index contributed by atoms with van der Waals surface area (Å²) in [5.74, 6) is -0.931. The first-order chi connectivity index (χ1) is 15.0. The number of anilines is 1. The predicted molar refractivity (Wildman–Crippen MR) is 118 cm³/mol. The minimum atomic E-state index is -1.01. The van der Waals surface area contributed by atoms with Gasteiger partial charge in [0, 0.05) is 11.3 Å². The van der Waals surface area contributed by atoms with Crippen molar-refractivity contribution < 1.29 is 23.9 Å². The number of benzene rings is 3. The molecule has 0 saturated heterocycles. The summed E-state index contributed by atoms with van der Waals surface area (Å²) >= 11 is 0. The van der Waals surface area contributed by atoms with Gasteiger partial charge in [-0.3, -0.25) is 14.4 Å². The molecule has 0 spiro atoms. The first-order valence-electron chi connectivity index (χ1n) is 9.96. The minimum absolute atomic E-state index is 0.348. The number of hydrogen-bond acceptors (Lipinski definition) is 5. The molecule has 3 aromatic rings. The van der Waals surface area contributed by atoms with Crippen LogP contribution in [0.15, 0.2) is 66.7 Å². The SMILES string of the molecule is CCOc1ccc(C(=O)NCC(=O)O[C@H](C)C(=O)Nc2ccc3ccccc3c2)cc1. The van der Waals surface area contributed by atoms with Gasteiger partial charge in [-0.1, -0.05) is 30.3 Å². The molecule has 0 aliphatic carbocycles. The van der Waals surface area contributed by atoms with Crippen LogP contribution in [0.5, 0.6) is 5.75 Å². The lowest BCUT2D eigenvalue weighted by molar-refractivity contribution is -0.152. The lowest BCUT2D eigenvalue weighted by atomic mass is 10.1. The van der Waals surface area contributed by atoms with Crippen LogP contribution in [0.1, 0.15) is 24.2 Å². The van der Waals surface area contributed by atoms with Crippen molar-refractivity contribution in [1.29, 1.82) is 0 Å². The van der Waals surface area contributed by atoms with Gasteiger partial charge in [-0.15, -0.1) is 0 Å². The van der Waals surface area contributed by atoms with Crippen LogP contribution in [0.4, 0.5) is 5.69 Å². The quantitative estimate of drug-likeness (QED) is 0.544. The predicted octanol–water partition coefficient (Wildman–Crippen LogP) is 3.54. The van der Waals surface area contributed by atoms with Crippen LogP contribution in [0, 0.1) is 0 Å². The van der Waals surface area contributed by atoms with Crippen LogP contribution < -0.4 is 15.4 Å². The second kappa shape index (κ2) is 10.2. The molecule has 3 rings (SSSR count). The highest BCUT2D eigenvalue weighted by molar-refractivity contribution is 5.98. The minimum Gasteiger partial charge on any atom is -0.494 e. The van der Waals surface area contributed by atoms with Gasteiger partial charge in [-0.05, 0) is 61.0 Å². The van der Waals surface area contributed by atoms with E-state index in [1.54, 1.807) is 30.3 Å². The van der Waals surface area contributed by atoms with Gasteiger partial charge in [0.15, 0.2) is 6.10 Å². The molecule has 0 heterocycles. The van der Waals surface area contributed by atoms with Crippen LogP contribution >= 0.6 is 0 Å². The van der Waals surface area contributed by atoms with Crippen LogP contribution in [0.3, 0.4) is 0 Å². The van der Waals surface area contributed by atoms with E-state index in [1.807, 2.05) is 43.3 Å². The fourth-order valence-electron chi connectivity index (χ4n) is 2.93. The summed E-state index contributed by atoms with van der Waals surface area (Å²) in [5, 5.41) is 7.25. The molecule has 2 amide bonds. The molecule has 7 nitrogen and oxygen atoms in total. The molecule has 31 heavy (non-hydrogen) atoms. The maximum atomic E-state index is 12.3. The van der Waals surface area contributed by atoms with E-state index >= 15 is 0 Å². The molecule has 0 aliphatic heterocycles. The summed E-state index contributed by atoms with van der Waals surface area (Å²) in [6, 6.07) is 19.9. The number of hydrogen-bond donors (Lipinski definition) is 2. The van der Waals surface area contributed by atoms with E-state index in [0.29, 0.717) is 23.6 Å². The molecule has 0 fully saturated rings. The number of nitrogens with one attached hydrogen (secondary N) is 2. The van der Waals surface area contributed by atoms with Crippen molar-refractivity contribution in [3.05, 3.63) is 72.3 Å². The molecule has 0 aliphatic rings. The Kier molecular flexibility index (Phi) is 7.22. The third-order valence-electron chi connectivity index (χ3n) is 4.52. The highest BCUT2D eigenvalue weighted by Crippen LogP contribution is 2.19. The summed E-state index contributed by atoms with van der Waals surface area (Å²) in [6.45, 7) is 3.53. The Labute approximate surface area is 180 Å². The van der Waals surface area contributed by atoms with Crippen LogP contribution in [0.25, 0.3) is 10.8 Å². The van der Waals surface area contributed by atoms with E-state index < -0.39 is 23.9 Å². The van der Waals surface area contributed by atoms with Gasteiger partial charge in [-0.2, -0.15) is 0 Å². The topological polar surface area (TPSA) is 93.7 Å². The maximum absolute atomic E-state index is 12.3. The van der Waals surface area contributed by atoms with Crippen molar-refractivity contribution in [2.75, 3.05) is 18.5 Å². The molecular weight excluding hydrogens is 396 g/mol. The summed E-state index contributed by atoms with van der Waals surface area (Å²) < 4.78 is 10.4. The van der Waals surface area contributed by atoms with E-state index in [-0.39, 0.29) is 6.54 Å². The van der Waals surface area contributed by atoms with Crippen molar-refractivity contribution in [2.45, 2.75) is 20.0 Å². The summed E-state index contributed by atoms with van der Waals surface area (Å²) in [5.41, 5.74) is 0.994. The average molecular weight is 420 g/mol. The Hall–Kier alpha value is -3.87. The molecule has 0 unspecified atom stereocenters. The Morgan fingerprint density at radius 3 is 2.35 bits per heavy atom. The lowest BCUT2D eigenvalue weighted by Crippen LogP contribution is -2.35. The normalized spacial score (nSPS) is 11.4. The summed E-state index contributed by atoms with van der Waals surface area (Å²) in [6.07, 6.45) is -1.01. The van der Waals surface area contributed by atoms with E-state index in [1.165, 1.54) is 6.92 Å². The maximum Gasteiger partial charge on any atom is 0.326 e. The fourth-order valence-corrected chi connectivity index (χ4v) is 2.93. The van der Waals surface area contributed by atoms with Crippen LogP contribution in [-0.4, -0.2) is 37.0 Å². The zero-order valence-corrected chi connectivity index (χ0v) is 17.4. The number of amides is 2. The van der Waals surface area contributed by atoms with Gasteiger partial charge >= 0.3 is 5.97 Å². The Bertz CT molecular complexity index is 1080. The van der Waals surface area contributed by atoms with Gasteiger partial charge in [0.1, 0.15) is 12.3 Å². The largest absolute Gasteiger partial charge is 0.494 e. The number of carbonyl (C=O) groups excluding carboxylic acids is 3. The first-order valence-corrected chi connectivity index (χ1v) is 9.96. The van der Waals surface area contributed by atoms with Gasteiger partial charge in [0.25, 0.3) is 11.8 Å². The van der Waals surface area contributed by atoms with Crippen molar-refractivity contribution >= 4 is 34.2 Å².